The molecule has 1 heterocycles. The Morgan fingerprint density at radius 1 is 1.46 bits per heavy atom. The molecule has 0 amide bonds. The molecule has 1 saturated heterocycles. The van der Waals surface area contributed by atoms with E-state index in [0.29, 0.717) is 6.04 Å². The summed E-state index contributed by atoms with van der Waals surface area (Å²) < 4.78 is 0. The number of rotatable bonds is 3. The highest BCUT2D eigenvalue weighted by atomic mass is 16.3. The average Bonchev–Trinajstić information content (AvgIpc) is 2.04. The zero-order valence-corrected chi connectivity index (χ0v) is 9.03. The Hall–Kier alpha value is -0.120. The molecule has 1 atom stereocenters. The first kappa shape index (κ1) is 11.0. The quantitative estimate of drug-likeness (QED) is 0.691. The van der Waals surface area contributed by atoms with Crippen LogP contribution in [0.3, 0.4) is 0 Å². The average molecular weight is 186 g/mol. The molecule has 1 N–H and O–H groups in total. The molecule has 0 aromatic rings. The molecule has 78 valence electrons. The van der Waals surface area contributed by atoms with Gasteiger partial charge in [-0.15, -0.1) is 0 Å². The van der Waals surface area contributed by atoms with Crippen molar-refractivity contribution in [1.82, 2.24) is 9.80 Å². The van der Waals surface area contributed by atoms with Crippen LogP contribution >= 0.6 is 0 Å². The molecule has 0 spiro atoms. The Morgan fingerprint density at radius 3 is 2.46 bits per heavy atom. The third-order valence-electron chi connectivity index (χ3n) is 2.86. The smallest absolute Gasteiger partial charge is 0.0639 e. The maximum Gasteiger partial charge on any atom is 0.0639 e. The molecular weight excluding hydrogens is 164 g/mol. The summed E-state index contributed by atoms with van der Waals surface area (Å²) in [6, 6.07) is 0.672. The first-order valence-electron chi connectivity index (χ1n) is 5.16. The molecule has 13 heavy (non-hydrogen) atoms. The summed E-state index contributed by atoms with van der Waals surface area (Å²) in [6.45, 7) is 5.03. The number of nitrogens with zero attached hydrogens (tertiary/aromatic N) is 2. The van der Waals surface area contributed by atoms with Crippen LogP contribution in [-0.2, 0) is 0 Å². The van der Waals surface area contributed by atoms with Gasteiger partial charge >= 0.3 is 0 Å². The summed E-state index contributed by atoms with van der Waals surface area (Å²) >= 11 is 0. The molecule has 0 saturated carbocycles. The van der Waals surface area contributed by atoms with Gasteiger partial charge in [0.2, 0.25) is 0 Å². The molecule has 3 heteroatoms. The van der Waals surface area contributed by atoms with Crippen LogP contribution in [-0.4, -0.2) is 60.8 Å². The molecule has 0 aromatic carbocycles. The van der Waals surface area contributed by atoms with Crippen LogP contribution in [0.2, 0.25) is 0 Å². The van der Waals surface area contributed by atoms with Crippen LogP contribution in [0.5, 0.6) is 0 Å². The summed E-state index contributed by atoms with van der Waals surface area (Å²) in [5.41, 5.74) is 0. The molecule has 1 rings (SSSR count). The Kier molecular flexibility index (Phi) is 4.16. The van der Waals surface area contributed by atoms with E-state index in [-0.39, 0.29) is 6.10 Å². The van der Waals surface area contributed by atoms with Crippen molar-refractivity contribution in [2.75, 3.05) is 33.7 Å². The maximum absolute atomic E-state index is 9.25. The minimum absolute atomic E-state index is 0.204. The summed E-state index contributed by atoms with van der Waals surface area (Å²) in [7, 11) is 4.29. The van der Waals surface area contributed by atoms with E-state index in [2.05, 4.69) is 23.9 Å². The van der Waals surface area contributed by atoms with Crippen molar-refractivity contribution in [1.29, 1.82) is 0 Å². The van der Waals surface area contributed by atoms with E-state index in [4.69, 9.17) is 0 Å². The van der Waals surface area contributed by atoms with Crippen LogP contribution in [0.4, 0.5) is 0 Å². The Bertz CT molecular complexity index is 142. The molecule has 0 radical (unpaired) electrons. The zero-order valence-electron chi connectivity index (χ0n) is 9.03. The second-order valence-corrected chi connectivity index (χ2v) is 4.32. The number of aliphatic hydroxyl groups excluding tert-OH is 1. The van der Waals surface area contributed by atoms with E-state index < -0.39 is 0 Å². The minimum Gasteiger partial charge on any atom is -0.392 e. The first-order valence-corrected chi connectivity index (χ1v) is 5.16. The van der Waals surface area contributed by atoms with Crippen molar-refractivity contribution in [3.63, 3.8) is 0 Å². The second-order valence-electron chi connectivity index (χ2n) is 4.32. The lowest BCUT2D eigenvalue weighted by molar-refractivity contribution is 0.0878. The van der Waals surface area contributed by atoms with Crippen molar-refractivity contribution in [3.8, 4) is 0 Å². The number of hydrogen-bond acceptors (Lipinski definition) is 3. The van der Waals surface area contributed by atoms with E-state index >= 15 is 0 Å². The lowest BCUT2D eigenvalue weighted by atomic mass is 10.0. The monoisotopic (exact) mass is 186 g/mol. The second kappa shape index (κ2) is 4.94. The highest BCUT2D eigenvalue weighted by Gasteiger charge is 2.20. The van der Waals surface area contributed by atoms with E-state index in [1.165, 1.54) is 25.9 Å². The Balaban J connectivity index is 2.27. The van der Waals surface area contributed by atoms with Crippen LogP contribution in [0.1, 0.15) is 19.8 Å². The molecule has 0 aliphatic carbocycles. The van der Waals surface area contributed by atoms with Crippen molar-refractivity contribution < 1.29 is 5.11 Å². The normalized spacial score (nSPS) is 23.8. The molecule has 1 aliphatic heterocycles. The Morgan fingerprint density at radius 2 is 2.00 bits per heavy atom. The van der Waals surface area contributed by atoms with Gasteiger partial charge in [-0.3, -0.25) is 0 Å². The van der Waals surface area contributed by atoms with Gasteiger partial charge in [0.1, 0.15) is 0 Å². The lowest BCUT2D eigenvalue weighted by Gasteiger charge is -2.35. The maximum atomic E-state index is 9.25. The number of piperidine rings is 1. The highest BCUT2D eigenvalue weighted by Crippen LogP contribution is 2.13. The number of likely N-dealkylation sites (N-methyl/N-ethyl adjacent to an activating group) is 1. The number of aliphatic hydroxyl groups is 1. The van der Waals surface area contributed by atoms with Crippen LogP contribution in [0, 0.1) is 0 Å². The van der Waals surface area contributed by atoms with Crippen LogP contribution < -0.4 is 0 Å². The minimum atomic E-state index is -0.204. The van der Waals surface area contributed by atoms with Gasteiger partial charge in [0.15, 0.2) is 0 Å². The predicted octanol–water partition coefficient (Wildman–Crippen LogP) is 0.393. The van der Waals surface area contributed by atoms with Gasteiger partial charge in [-0.2, -0.15) is 0 Å². The fourth-order valence-corrected chi connectivity index (χ4v) is 2.00. The molecule has 3 nitrogen and oxygen atoms in total. The summed E-state index contributed by atoms with van der Waals surface area (Å²) in [6.07, 6.45) is 2.27. The van der Waals surface area contributed by atoms with Gasteiger partial charge in [0.25, 0.3) is 0 Å². The lowest BCUT2D eigenvalue weighted by Crippen LogP contribution is -2.44. The third-order valence-corrected chi connectivity index (χ3v) is 2.86. The third kappa shape index (κ3) is 3.63. The van der Waals surface area contributed by atoms with Crippen molar-refractivity contribution in [3.05, 3.63) is 0 Å². The van der Waals surface area contributed by atoms with E-state index in [9.17, 15) is 5.11 Å². The van der Waals surface area contributed by atoms with Crippen molar-refractivity contribution in [2.24, 2.45) is 0 Å². The SMILES string of the molecule is C[C@H](O)CN(C)C1CCN(C)CC1. The number of hydrogen-bond donors (Lipinski definition) is 1. The number of likely N-dealkylation sites (tertiary alicyclic amines) is 1. The predicted molar refractivity (Wildman–Crippen MR) is 54.8 cm³/mol. The molecular formula is C10H22N2O. The summed E-state index contributed by atoms with van der Waals surface area (Å²) in [5.74, 6) is 0. The molecule has 0 unspecified atom stereocenters. The molecule has 0 bridgehead atoms. The standard InChI is InChI=1S/C10H22N2O/c1-9(13)8-12(3)10-4-6-11(2)7-5-10/h9-10,13H,4-8H2,1-3H3/t9-/m0/s1. The van der Waals surface area contributed by atoms with Crippen molar-refractivity contribution in [2.45, 2.75) is 31.9 Å². The first-order chi connectivity index (χ1) is 6.09. The molecule has 1 fully saturated rings. The van der Waals surface area contributed by atoms with Gasteiger partial charge in [-0.1, -0.05) is 0 Å². The van der Waals surface area contributed by atoms with Crippen molar-refractivity contribution >= 4 is 0 Å². The molecule has 1 aliphatic rings. The fourth-order valence-electron chi connectivity index (χ4n) is 2.00. The summed E-state index contributed by atoms with van der Waals surface area (Å²) in [4.78, 5) is 4.66. The van der Waals surface area contributed by atoms with Gasteiger partial charge in [0.05, 0.1) is 6.10 Å². The Labute approximate surface area is 81.3 Å². The van der Waals surface area contributed by atoms with Gasteiger partial charge in [-0.05, 0) is 47.0 Å². The van der Waals surface area contributed by atoms with E-state index in [1.54, 1.807) is 0 Å². The highest BCUT2D eigenvalue weighted by molar-refractivity contribution is 4.77. The molecule has 0 aromatic heterocycles. The topological polar surface area (TPSA) is 26.7 Å². The van der Waals surface area contributed by atoms with Gasteiger partial charge in [-0.25, -0.2) is 0 Å². The largest absolute Gasteiger partial charge is 0.392 e. The zero-order chi connectivity index (χ0) is 9.84. The van der Waals surface area contributed by atoms with E-state index in [1.807, 2.05) is 6.92 Å². The van der Waals surface area contributed by atoms with Gasteiger partial charge in [0, 0.05) is 12.6 Å². The fraction of sp³-hybridized carbons (Fsp3) is 1.00. The van der Waals surface area contributed by atoms with Crippen LogP contribution in [0.15, 0.2) is 0 Å². The van der Waals surface area contributed by atoms with Gasteiger partial charge < -0.3 is 14.9 Å². The van der Waals surface area contributed by atoms with Crippen LogP contribution in [0.25, 0.3) is 0 Å². The van der Waals surface area contributed by atoms with E-state index in [0.717, 1.165) is 6.54 Å². The summed E-state index contributed by atoms with van der Waals surface area (Å²) in [5, 5.41) is 9.25.